The Balaban J connectivity index is 2.36. The van der Waals surface area contributed by atoms with Crippen LogP contribution in [0.5, 0.6) is 11.5 Å². The number of carbonyl (C=O) groups is 1. The Kier molecular flexibility index (Phi) is 4.63. The molecule has 0 atom stereocenters. The molecule has 0 radical (unpaired) electrons. The van der Waals surface area contributed by atoms with Gasteiger partial charge in [-0.3, -0.25) is 4.79 Å². The average Bonchev–Trinajstić information content (AvgIpc) is 2.38. The summed E-state index contributed by atoms with van der Waals surface area (Å²) in [6.45, 7) is 0. The van der Waals surface area contributed by atoms with E-state index in [-0.39, 0.29) is 17.0 Å². The molecule has 23 heavy (non-hydrogen) atoms. The van der Waals surface area contributed by atoms with E-state index in [1.165, 1.54) is 0 Å². The van der Waals surface area contributed by atoms with Gasteiger partial charge in [-0.1, -0.05) is 11.8 Å². The van der Waals surface area contributed by atoms with Crippen LogP contribution in [0.15, 0.2) is 23.3 Å². The number of halogens is 6. The Morgan fingerprint density at radius 2 is 1.65 bits per heavy atom. The predicted molar refractivity (Wildman–Crippen MR) is 67.3 cm³/mol. The van der Waals surface area contributed by atoms with Crippen LogP contribution in [0.1, 0.15) is 5.56 Å². The molecule has 1 aromatic rings. The van der Waals surface area contributed by atoms with Gasteiger partial charge in [-0.05, 0) is 18.2 Å². The second-order valence-electron chi connectivity index (χ2n) is 4.00. The monoisotopic (exact) mass is 360 g/mol. The van der Waals surface area contributed by atoms with Crippen molar-refractivity contribution in [3.05, 3.63) is 23.8 Å². The number of ether oxygens (including phenoxy) is 2. The summed E-state index contributed by atoms with van der Waals surface area (Å²) in [6, 6.07) is 2.44. The first-order valence-corrected chi connectivity index (χ1v) is 6.67. The number of benzene rings is 1. The summed E-state index contributed by atoms with van der Waals surface area (Å²) in [7, 11) is 0. The van der Waals surface area contributed by atoms with E-state index in [1.54, 1.807) is 0 Å². The first-order chi connectivity index (χ1) is 10.5. The van der Waals surface area contributed by atoms with Gasteiger partial charge >= 0.3 is 12.7 Å². The van der Waals surface area contributed by atoms with Crippen LogP contribution in [0.3, 0.4) is 0 Å². The van der Waals surface area contributed by atoms with Crippen LogP contribution >= 0.6 is 11.8 Å². The number of amides is 1. The molecule has 0 unspecified atom stereocenters. The molecular formula is C11H6F6N2O3S. The molecule has 0 bridgehead atoms. The van der Waals surface area contributed by atoms with Gasteiger partial charge in [-0.25, -0.2) is 5.43 Å². The highest BCUT2D eigenvalue weighted by atomic mass is 32.2. The van der Waals surface area contributed by atoms with Crippen molar-refractivity contribution in [2.75, 3.05) is 5.75 Å². The number of hydrazone groups is 1. The number of rotatable bonds is 3. The largest absolute Gasteiger partial charge is 0.573 e. The predicted octanol–water partition coefficient (Wildman–Crippen LogP) is 3.64. The first kappa shape index (κ1) is 17.2. The average molecular weight is 360 g/mol. The second kappa shape index (κ2) is 6.18. The molecule has 2 rings (SSSR count). The van der Waals surface area contributed by atoms with Crippen LogP contribution in [0.25, 0.3) is 0 Å². The first-order valence-electron chi connectivity index (χ1n) is 5.69. The van der Waals surface area contributed by atoms with Gasteiger partial charge in [0.1, 0.15) is 0 Å². The molecule has 1 amide bonds. The van der Waals surface area contributed by atoms with E-state index in [0.29, 0.717) is 12.1 Å². The number of hydrogen-bond donors (Lipinski definition) is 1. The van der Waals surface area contributed by atoms with Crippen LogP contribution < -0.4 is 14.9 Å². The van der Waals surface area contributed by atoms with E-state index >= 15 is 0 Å². The number of thioether (sulfide) groups is 1. The molecule has 0 saturated heterocycles. The summed E-state index contributed by atoms with van der Waals surface area (Å²) in [5.41, 5.74) is 2.30. The van der Waals surface area contributed by atoms with Gasteiger partial charge in [0.15, 0.2) is 11.5 Å². The van der Waals surface area contributed by atoms with Gasteiger partial charge in [0.2, 0.25) is 0 Å². The topological polar surface area (TPSA) is 59.9 Å². The van der Waals surface area contributed by atoms with Crippen molar-refractivity contribution in [3.8, 4) is 11.5 Å². The molecule has 1 aliphatic heterocycles. The van der Waals surface area contributed by atoms with E-state index in [0.717, 1.165) is 17.8 Å². The van der Waals surface area contributed by atoms with E-state index in [2.05, 4.69) is 20.0 Å². The van der Waals surface area contributed by atoms with Crippen LogP contribution in [-0.4, -0.2) is 29.4 Å². The van der Waals surface area contributed by atoms with Gasteiger partial charge in [0.25, 0.3) is 5.24 Å². The van der Waals surface area contributed by atoms with Crippen molar-refractivity contribution in [2.45, 2.75) is 12.7 Å². The molecule has 0 fully saturated rings. The standard InChI is InChI=1S/C11H6F6N2O3S/c12-10(13,14)21-7-2-1-5(3-8(7)22-11(15,16)17)6-4-23-9(20)19-18-6/h1-3H,4H2,(H,19,20). The van der Waals surface area contributed by atoms with Gasteiger partial charge < -0.3 is 9.47 Å². The number of nitrogens with zero attached hydrogens (tertiary/aromatic N) is 1. The third-order valence-corrected chi connectivity index (χ3v) is 3.12. The molecule has 1 aliphatic rings. The normalized spacial score (nSPS) is 15.7. The maximum atomic E-state index is 12.3. The Morgan fingerprint density at radius 3 is 2.17 bits per heavy atom. The zero-order valence-corrected chi connectivity index (χ0v) is 11.6. The molecule has 1 aromatic carbocycles. The van der Waals surface area contributed by atoms with Crippen LogP contribution in [0, 0.1) is 0 Å². The summed E-state index contributed by atoms with van der Waals surface area (Å²) in [5.74, 6) is -2.28. The minimum Gasteiger partial charge on any atom is -0.402 e. The molecule has 126 valence electrons. The maximum absolute atomic E-state index is 12.3. The van der Waals surface area contributed by atoms with E-state index in [4.69, 9.17) is 0 Å². The highest BCUT2D eigenvalue weighted by molar-refractivity contribution is 8.14. The van der Waals surface area contributed by atoms with Gasteiger partial charge in [-0.2, -0.15) is 5.10 Å². The Labute approximate surface area is 128 Å². The lowest BCUT2D eigenvalue weighted by Gasteiger charge is -2.17. The van der Waals surface area contributed by atoms with Crippen molar-refractivity contribution in [3.63, 3.8) is 0 Å². The molecule has 12 heteroatoms. The Bertz CT molecular complexity index is 644. The molecule has 0 aromatic heterocycles. The SMILES string of the molecule is O=C1NN=C(c2ccc(OC(F)(F)F)c(OC(F)(F)F)c2)CS1. The lowest BCUT2D eigenvalue weighted by molar-refractivity contribution is -0.287. The summed E-state index contributed by atoms with van der Waals surface area (Å²) < 4.78 is 80.7. The van der Waals surface area contributed by atoms with Crippen molar-refractivity contribution < 1.29 is 40.6 Å². The number of nitrogens with one attached hydrogen (secondary N) is 1. The van der Waals surface area contributed by atoms with Crippen LogP contribution in [0.4, 0.5) is 31.1 Å². The minimum absolute atomic E-state index is 0.0385. The second-order valence-corrected chi connectivity index (χ2v) is 4.95. The van der Waals surface area contributed by atoms with Crippen LogP contribution in [-0.2, 0) is 0 Å². The molecule has 5 nitrogen and oxygen atoms in total. The third-order valence-electron chi connectivity index (χ3n) is 2.35. The number of alkyl halides is 6. The summed E-state index contributed by atoms with van der Waals surface area (Å²) >= 11 is 0.799. The minimum atomic E-state index is -5.21. The molecule has 0 aliphatic carbocycles. The molecule has 1 heterocycles. The molecular weight excluding hydrogens is 354 g/mol. The van der Waals surface area contributed by atoms with Crippen molar-refractivity contribution in [1.29, 1.82) is 0 Å². The molecule has 0 spiro atoms. The summed E-state index contributed by atoms with van der Waals surface area (Å²) in [4.78, 5) is 10.9. The fraction of sp³-hybridized carbons (Fsp3) is 0.273. The van der Waals surface area contributed by atoms with Gasteiger partial charge in [-0.15, -0.1) is 26.3 Å². The van der Waals surface area contributed by atoms with Gasteiger partial charge in [0, 0.05) is 11.3 Å². The molecule has 0 saturated carbocycles. The quantitative estimate of drug-likeness (QED) is 0.836. The van der Waals surface area contributed by atoms with Crippen molar-refractivity contribution in [2.24, 2.45) is 5.10 Å². The third kappa shape index (κ3) is 5.23. The van der Waals surface area contributed by atoms with E-state index < -0.39 is 29.5 Å². The fourth-order valence-corrected chi connectivity index (χ4v) is 2.17. The summed E-state index contributed by atoms with van der Waals surface area (Å²) in [5, 5.41) is 3.16. The zero-order chi connectivity index (χ0) is 17.3. The lowest BCUT2D eigenvalue weighted by atomic mass is 10.1. The highest BCUT2D eigenvalue weighted by Crippen LogP contribution is 2.36. The Hall–Kier alpha value is -2.11. The van der Waals surface area contributed by atoms with Gasteiger partial charge in [0.05, 0.1) is 5.71 Å². The van der Waals surface area contributed by atoms with E-state index in [1.807, 2.05) is 0 Å². The molecule has 1 N–H and O–H groups in total. The maximum Gasteiger partial charge on any atom is 0.573 e. The zero-order valence-electron chi connectivity index (χ0n) is 10.8. The highest BCUT2D eigenvalue weighted by Gasteiger charge is 2.36. The van der Waals surface area contributed by atoms with Crippen molar-refractivity contribution in [1.82, 2.24) is 5.43 Å². The van der Waals surface area contributed by atoms with Crippen LogP contribution in [0.2, 0.25) is 0 Å². The smallest absolute Gasteiger partial charge is 0.402 e. The number of hydrogen-bond acceptors (Lipinski definition) is 5. The fourth-order valence-electron chi connectivity index (χ4n) is 1.56. The Morgan fingerprint density at radius 1 is 1.04 bits per heavy atom. The van der Waals surface area contributed by atoms with Crippen molar-refractivity contribution >= 4 is 22.7 Å². The lowest BCUT2D eigenvalue weighted by Crippen LogP contribution is -2.24. The van der Waals surface area contributed by atoms with E-state index in [9.17, 15) is 31.1 Å². The summed E-state index contributed by atoms with van der Waals surface area (Å²) in [6.07, 6.45) is -10.4. The number of carbonyl (C=O) groups excluding carboxylic acids is 1.